The van der Waals surface area contributed by atoms with Gasteiger partial charge in [-0.2, -0.15) is 5.26 Å². The molecule has 0 saturated heterocycles. The molecule has 0 aliphatic rings. The van der Waals surface area contributed by atoms with E-state index in [-0.39, 0.29) is 18.1 Å². The third kappa shape index (κ3) is 4.67. The number of carbonyl (C=O) groups excluding carboxylic acids is 1. The van der Waals surface area contributed by atoms with Crippen LogP contribution < -0.4 is 20.5 Å². The Bertz CT molecular complexity index is 808. The van der Waals surface area contributed by atoms with Crippen molar-refractivity contribution in [3.05, 3.63) is 53.6 Å². The maximum absolute atomic E-state index is 12.5. The van der Waals surface area contributed by atoms with E-state index in [1.807, 2.05) is 30.3 Å². The molecule has 0 saturated carbocycles. The summed E-state index contributed by atoms with van der Waals surface area (Å²) >= 11 is 0. The Morgan fingerprint density at radius 1 is 1.23 bits per heavy atom. The van der Waals surface area contributed by atoms with Crippen molar-refractivity contribution in [2.75, 3.05) is 19.5 Å². The molecule has 0 spiro atoms. The number of nitrogens with zero attached hydrogens (tertiary/aromatic N) is 1. The van der Waals surface area contributed by atoms with Crippen LogP contribution in [0.1, 0.15) is 25.0 Å². The van der Waals surface area contributed by atoms with Gasteiger partial charge >= 0.3 is 0 Å². The Kier molecular flexibility index (Phi) is 6.07. The number of nitrogens with two attached hydrogens (primary N) is 1. The number of anilines is 1. The Balaban J connectivity index is 1.95. The number of hydrogen-bond donors (Lipinski definition) is 2. The molecule has 2 aromatic rings. The summed E-state index contributed by atoms with van der Waals surface area (Å²) in [6.07, 6.45) is 0. The molecule has 0 radical (unpaired) electrons. The Morgan fingerprint density at radius 3 is 2.54 bits per heavy atom. The van der Waals surface area contributed by atoms with E-state index in [9.17, 15) is 10.1 Å². The Morgan fingerprint density at radius 2 is 1.92 bits per heavy atom. The second-order valence-electron chi connectivity index (χ2n) is 6.54. The summed E-state index contributed by atoms with van der Waals surface area (Å²) in [6, 6.07) is 14.5. The fourth-order valence-electron chi connectivity index (χ4n) is 2.28. The smallest absolute Gasteiger partial charge is 0.229 e. The van der Waals surface area contributed by atoms with E-state index in [0.717, 1.165) is 11.3 Å². The minimum absolute atomic E-state index is 0.125. The highest BCUT2D eigenvalue weighted by molar-refractivity contribution is 5.82. The fraction of sp³-hybridized carbons (Fsp3) is 0.300. The summed E-state index contributed by atoms with van der Waals surface area (Å²) in [5.74, 6) is 1.00. The van der Waals surface area contributed by atoms with Crippen LogP contribution in [0, 0.1) is 16.7 Å². The first-order valence-corrected chi connectivity index (χ1v) is 8.20. The second kappa shape index (κ2) is 8.26. The Hall–Kier alpha value is -3.20. The third-order valence-electron chi connectivity index (χ3n) is 3.99. The summed E-state index contributed by atoms with van der Waals surface area (Å²) in [5.41, 5.74) is 6.60. The first kappa shape index (κ1) is 19.1. The fourth-order valence-corrected chi connectivity index (χ4v) is 2.28. The number of nitrogens with one attached hydrogen (secondary N) is 1. The van der Waals surface area contributed by atoms with Crippen molar-refractivity contribution in [1.29, 1.82) is 5.26 Å². The molecule has 0 heterocycles. The molecular formula is C20H23N3O3. The highest BCUT2D eigenvalue weighted by Gasteiger charge is 2.29. The zero-order valence-electron chi connectivity index (χ0n) is 15.2. The van der Waals surface area contributed by atoms with E-state index >= 15 is 0 Å². The lowest BCUT2D eigenvalue weighted by atomic mass is 9.93. The van der Waals surface area contributed by atoms with E-state index in [4.69, 9.17) is 15.2 Å². The topological polar surface area (TPSA) is 97.4 Å². The number of ether oxygens (including phenoxy) is 2. The molecule has 0 fully saturated rings. The van der Waals surface area contributed by atoms with Crippen LogP contribution in [0.25, 0.3) is 0 Å². The normalized spacial score (nSPS) is 10.7. The lowest BCUT2D eigenvalue weighted by Crippen LogP contribution is -2.40. The van der Waals surface area contributed by atoms with Gasteiger partial charge in [-0.1, -0.05) is 18.2 Å². The number of rotatable bonds is 7. The zero-order chi connectivity index (χ0) is 19.2. The molecule has 26 heavy (non-hydrogen) atoms. The number of amides is 1. The van der Waals surface area contributed by atoms with E-state index in [2.05, 4.69) is 5.32 Å². The monoisotopic (exact) mass is 353 g/mol. The van der Waals surface area contributed by atoms with E-state index in [1.54, 1.807) is 39.2 Å². The number of nitrogen functional groups attached to an aromatic ring is 1. The van der Waals surface area contributed by atoms with Crippen molar-refractivity contribution in [3.63, 3.8) is 0 Å². The molecule has 136 valence electrons. The number of methoxy groups -OCH3 is 1. The van der Waals surface area contributed by atoms with Crippen molar-refractivity contribution < 1.29 is 14.3 Å². The van der Waals surface area contributed by atoms with Gasteiger partial charge in [-0.3, -0.25) is 4.79 Å². The van der Waals surface area contributed by atoms with Gasteiger partial charge < -0.3 is 20.5 Å². The molecule has 6 nitrogen and oxygen atoms in total. The maximum Gasteiger partial charge on any atom is 0.229 e. The van der Waals surface area contributed by atoms with Crippen molar-refractivity contribution >= 4 is 11.6 Å². The summed E-state index contributed by atoms with van der Waals surface area (Å²) in [4.78, 5) is 12.5. The molecule has 0 aliphatic heterocycles. The van der Waals surface area contributed by atoms with Gasteiger partial charge in [0, 0.05) is 6.54 Å². The predicted octanol–water partition coefficient (Wildman–Crippen LogP) is 2.87. The summed E-state index contributed by atoms with van der Waals surface area (Å²) in [7, 11) is 1.61. The van der Waals surface area contributed by atoms with E-state index in [1.165, 1.54) is 0 Å². The molecule has 2 rings (SSSR count). The SMILES string of the molecule is COc1ccc(CNC(=O)C(C)(C)COc2cccc(N)c2C#N)cc1. The van der Waals surface area contributed by atoms with Crippen LogP contribution in [-0.4, -0.2) is 19.6 Å². The summed E-state index contributed by atoms with van der Waals surface area (Å²) in [5, 5.41) is 12.1. The molecule has 2 aromatic carbocycles. The quantitative estimate of drug-likeness (QED) is 0.746. The molecule has 0 atom stereocenters. The van der Waals surface area contributed by atoms with Crippen LogP contribution in [0.4, 0.5) is 5.69 Å². The van der Waals surface area contributed by atoms with Crippen LogP contribution in [-0.2, 0) is 11.3 Å². The molecule has 0 aromatic heterocycles. The van der Waals surface area contributed by atoms with Gasteiger partial charge in [-0.25, -0.2) is 0 Å². The molecule has 3 N–H and O–H groups in total. The Labute approximate surface area is 153 Å². The zero-order valence-corrected chi connectivity index (χ0v) is 15.2. The number of hydrogen-bond acceptors (Lipinski definition) is 5. The van der Waals surface area contributed by atoms with Crippen molar-refractivity contribution in [1.82, 2.24) is 5.32 Å². The molecule has 0 aliphatic carbocycles. The van der Waals surface area contributed by atoms with Crippen molar-refractivity contribution in [2.24, 2.45) is 5.41 Å². The van der Waals surface area contributed by atoms with Gasteiger partial charge in [0.25, 0.3) is 0 Å². The van der Waals surface area contributed by atoms with Gasteiger partial charge in [0.05, 0.1) is 18.2 Å². The van der Waals surface area contributed by atoms with Gasteiger partial charge in [-0.15, -0.1) is 0 Å². The lowest BCUT2D eigenvalue weighted by molar-refractivity contribution is -0.131. The van der Waals surface area contributed by atoms with Crippen LogP contribution in [0.5, 0.6) is 11.5 Å². The van der Waals surface area contributed by atoms with Gasteiger partial charge in [0.2, 0.25) is 5.91 Å². The van der Waals surface area contributed by atoms with Gasteiger partial charge in [-0.05, 0) is 43.7 Å². The predicted molar refractivity (Wildman–Crippen MR) is 99.7 cm³/mol. The minimum Gasteiger partial charge on any atom is -0.497 e. The second-order valence-corrected chi connectivity index (χ2v) is 6.54. The van der Waals surface area contributed by atoms with E-state index in [0.29, 0.717) is 18.0 Å². The van der Waals surface area contributed by atoms with Crippen LogP contribution >= 0.6 is 0 Å². The lowest BCUT2D eigenvalue weighted by Gasteiger charge is -2.24. The standard InChI is InChI=1S/C20H23N3O3/c1-20(2,13-26-18-6-4-5-17(22)16(18)11-21)19(24)23-12-14-7-9-15(25-3)10-8-14/h4-10H,12-13,22H2,1-3H3,(H,23,24). The van der Waals surface area contributed by atoms with Crippen LogP contribution in [0.15, 0.2) is 42.5 Å². The summed E-state index contributed by atoms with van der Waals surface area (Å²) in [6.45, 7) is 4.11. The highest BCUT2D eigenvalue weighted by Crippen LogP contribution is 2.26. The number of benzene rings is 2. The highest BCUT2D eigenvalue weighted by atomic mass is 16.5. The van der Waals surface area contributed by atoms with Gasteiger partial charge in [0.15, 0.2) is 0 Å². The third-order valence-corrected chi connectivity index (χ3v) is 3.99. The average molecular weight is 353 g/mol. The first-order chi connectivity index (χ1) is 12.4. The molecule has 1 amide bonds. The van der Waals surface area contributed by atoms with E-state index < -0.39 is 5.41 Å². The number of nitriles is 1. The van der Waals surface area contributed by atoms with Crippen LogP contribution in [0.2, 0.25) is 0 Å². The molecule has 0 bridgehead atoms. The molecule has 6 heteroatoms. The maximum atomic E-state index is 12.5. The largest absolute Gasteiger partial charge is 0.497 e. The molecular weight excluding hydrogens is 330 g/mol. The van der Waals surface area contributed by atoms with Crippen LogP contribution in [0.3, 0.4) is 0 Å². The van der Waals surface area contributed by atoms with Crippen molar-refractivity contribution in [2.45, 2.75) is 20.4 Å². The van der Waals surface area contributed by atoms with Crippen molar-refractivity contribution in [3.8, 4) is 17.6 Å². The summed E-state index contributed by atoms with van der Waals surface area (Å²) < 4.78 is 10.8. The minimum atomic E-state index is -0.774. The molecule has 0 unspecified atom stereocenters. The average Bonchev–Trinajstić information content (AvgIpc) is 2.64. The van der Waals surface area contributed by atoms with Gasteiger partial charge in [0.1, 0.15) is 29.7 Å². The first-order valence-electron chi connectivity index (χ1n) is 8.20. The number of carbonyl (C=O) groups is 1.